The molecule has 2 nitrogen and oxygen atoms in total. The zero-order chi connectivity index (χ0) is 15.5. The first-order valence-electron chi connectivity index (χ1n) is 7.68. The van der Waals surface area contributed by atoms with Crippen molar-refractivity contribution in [1.82, 2.24) is 4.90 Å². The van der Waals surface area contributed by atoms with Crippen LogP contribution in [0.15, 0.2) is 24.3 Å². The van der Waals surface area contributed by atoms with Crippen molar-refractivity contribution in [3.05, 3.63) is 34.9 Å². The molecule has 0 heterocycles. The number of nitrogens with zero attached hydrogens (tertiary/aromatic N) is 1. The lowest BCUT2D eigenvalue weighted by Gasteiger charge is -2.51. The fraction of sp³-hybridized carbons (Fsp3) is 0.647. The van der Waals surface area contributed by atoms with E-state index in [4.69, 9.17) is 11.6 Å². The van der Waals surface area contributed by atoms with Gasteiger partial charge in [-0.25, -0.2) is 0 Å². The third-order valence-corrected chi connectivity index (χ3v) is 5.95. The average Bonchev–Trinajstić information content (AvgIpc) is 2.37. The molecule has 1 saturated carbocycles. The van der Waals surface area contributed by atoms with E-state index in [0.29, 0.717) is 6.04 Å². The van der Waals surface area contributed by atoms with Gasteiger partial charge in [-0.15, -0.1) is 0 Å². The smallest absolute Gasteiger partial charge is 0.105 e. The molecule has 1 aliphatic rings. The van der Waals surface area contributed by atoms with Crippen molar-refractivity contribution in [2.45, 2.75) is 43.6 Å². The van der Waals surface area contributed by atoms with Gasteiger partial charge in [-0.3, -0.25) is 0 Å². The van der Waals surface area contributed by atoms with Crippen molar-refractivity contribution < 1.29 is 4.55 Å². The first kappa shape index (κ1) is 17.1. The van der Waals surface area contributed by atoms with Gasteiger partial charge in [-0.2, -0.15) is 0 Å². The third kappa shape index (κ3) is 3.95. The summed E-state index contributed by atoms with van der Waals surface area (Å²) in [6.45, 7) is 0. The first-order valence-corrected chi connectivity index (χ1v) is 9.79. The molecule has 4 heteroatoms. The normalized spacial score (nSPS) is 20.1. The highest BCUT2D eigenvalue weighted by Gasteiger charge is 2.45. The molecule has 0 bridgehead atoms. The number of benzene rings is 1. The van der Waals surface area contributed by atoms with Crippen LogP contribution in [-0.2, 0) is 16.6 Å². The van der Waals surface area contributed by atoms with Gasteiger partial charge in [-0.05, 0) is 57.5 Å². The van der Waals surface area contributed by atoms with E-state index in [1.807, 2.05) is 12.1 Å². The molecule has 1 fully saturated rings. The van der Waals surface area contributed by atoms with Crippen molar-refractivity contribution in [3.8, 4) is 0 Å². The Hall–Kier alpha value is -0.220. The maximum absolute atomic E-state index is 11.3. The number of hydrogen-bond acceptors (Lipinski definition) is 2. The topological polar surface area (TPSA) is 26.3 Å². The maximum Gasteiger partial charge on any atom is 0.105 e. The largest absolute Gasteiger partial charge is 0.617 e. The summed E-state index contributed by atoms with van der Waals surface area (Å²) >= 11 is 5.35. The molecular formula is C17H26ClNOS. The van der Waals surface area contributed by atoms with Gasteiger partial charge in [0.25, 0.3) is 0 Å². The number of halogens is 1. The zero-order valence-electron chi connectivity index (χ0n) is 13.3. The Kier molecular flexibility index (Phi) is 6.01. The van der Waals surface area contributed by atoms with Gasteiger partial charge in [0.05, 0.1) is 6.26 Å². The van der Waals surface area contributed by atoms with Crippen LogP contribution in [0.4, 0.5) is 0 Å². The van der Waals surface area contributed by atoms with Crippen LogP contribution < -0.4 is 0 Å². The SMILES string of the molecule is CN(C)C(CCC[S+](C)[O-])C1(c2ccc(Cl)cc2)CCC1. The highest BCUT2D eigenvalue weighted by Crippen LogP contribution is 2.49. The molecule has 0 spiro atoms. The Morgan fingerprint density at radius 3 is 2.33 bits per heavy atom. The molecule has 0 aliphatic heterocycles. The Morgan fingerprint density at radius 2 is 1.90 bits per heavy atom. The fourth-order valence-electron chi connectivity index (χ4n) is 3.66. The molecule has 2 rings (SSSR count). The highest BCUT2D eigenvalue weighted by atomic mass is 35.5. The van der Waals surface area contributed by atoms with Crippen LogP contribution in [0, 0.1) is 0 Å². The van der Waals surface area contributed by atoms with E-state index in [0.717, 1.165) is 23.6 Å². The van der Waals surface area contributed by atoms with E-state index in [-0.39, 0.29) is 5.41 Å². The number of likely N-dealkylation sites (N-methyl/N-ethyl adjacent to an activating group) is 1. The van der Waals surface area contributed by atoms with E-state index >= 15 is 0 Å². The summed E-state index contributed by atoms with van der Waals surface area (Å²) in [6, 6.07) is 8.90. The Labute approximate surface area is 137 Å². The second-order valence-electron chi connectivity index (χ2n) is 6.42. The summed E-state index contributed by atoms with van der Waals surface area (Å²) in [6.07, 6.45) is 7.71. The van der Waals surface area contributed by atoms with E-state index in [2.05, 4.69) is 31.1 Å². The predicted molar refractivity (Wildman–Crippen MR) is 92.6 cm³/mol. The summed E-state index contributed by atoms with van der Waals surface area (Å²) in [5.74, 6) is 0.807. The number of hydrogen-bond donors (Lipinski definition) is 0. The molecule has 0 N–H and O–H groups in total. The minimum atomic E-state index is -0.689. The molecule has 1 aromatic carbocycles. The molecule has 2 atom stereocenters. The van der Waals surface area contributed by atoms with Crippen LogP contribution in [-0.4, -0.2) is 41.6 Å². The number of rotatable bonds is 7. The average molecular weight is 328 g/mol. The zero-order valence-corrected chi connectivity index (χ0v) is 14.8. The predicted octanol–water partition coefficient (Wildman–Crippen LogP) is 3.85. The van der Waals surface area contributed by atoms with Crippen LogP contribution in [0.25, 0.3) is 0 Å². The van der Waals surface area contributed by atoms with Crippen LogP contribution in [0.2, 0.25) is 5.02 Å². The van der Waals surface area contributed by atoms with Crippen molar-refractivity contribution >= 4 is 22.8 Å². The van der Waals surface area contributed by atoms with Crippen LogP contribution in [0.1, 0.15) is 37.7 Å². The Bertz CT molecular complexity index is 443. The molecule has 21 heavy (non-hydrogen) atoms. The van der Waals surface area contributed by atoms with Gasteiger partial charge in [0.2, 0.25) is 0 Å². The van der Waals surface area contributed by atoms with Crippen molar-refractivity contribution in [2.24, 2.45) is 0 Å². The molecule has 1 aliphatic carbocycles. The standard InChI is InChI=1S/C17H26ClNOS/c1-19(2)16(6-4-13-21(3)20)17(11-5-12-17)14-7-9-15(18)10-8-14/h7-10,16H,4-6,11-13H2,1-3H3. The molecule has 0 aromatic heterocycles. The van der Waals surface area contributed by atoms with E-state index in [1.54, 1.807) is 6.26 Å². The molecule has 118 valence electrons. The molecule has 0 saturated heterocycles. The second kappa shape index (κ2) is 7.36. The molecule has 1 aromatic rings. The van der Waals surface area contributed by atoms with Crippen molar-refractivity contribution in [2.75, 3.05) is 26.1 Å². The first-order chi connectivity index (χ1) is 9.95. The monoisotopic (exact) mass is 327 g/mol. The lowest BCUT2D eigenvalue weighted by atomic mass is 9.59. The van der Waals surface area contributed by atoms with Gasteiger partial charge < -0.3 is 9.45 Å². The van der Waals surface area contributed by atoms with Gasteiger partial charge in [0.1, 0.15) is 5.75 Å². The minimum Gasteiger partial charge on any atom is -0.617 e. The van der Waals surface area contributed by atoms with E-state index < -0.39 is 11.2 Å². The second-order valence-corrected chi connectivity index (χ2v) is 8.41. The minimum absolute atomic E-state index is 0.253. The van der Waals surface area contributed by atoms with Crippen LogP contribution in [0.3, 0.4) is 0 Å². The summed E-state index contributed by atoms with van der Waals surface area (Å²) < 4.78 is 11.3. The third-order valence-electron chi connectivity index (χ3n) is 4.84. The Balaban J connectivity index is 2.16. The Morgan fingerprint density at radius 1 is 1.29 bits per heavy atom. The molecule has 0 radical (unpaired) electrons. The quantitative estimate of drug-likeness (QED) is 0.711. The van der Waals surface area contributed by atoms with Crippen molar-refractivity contribution in [3.63, 3.8) is 0 Å². The maximum atomic E-state index is 11.3. The lowest BCUT2D eigenvalue weighted by molar-refractivity contribution is 0.0897. The van der Waals surface area contributed by atoms with Gasteiger partial charge in [0.15, 0.2) is 0 Å². The summed E-state index contributed by atoms with van der Waals surface area (Å²) in [7, 11) is 4.34. The van der Waals surface area contributed by atoms with E-state index in [1.165, 1.54) is 24.8 Å². The van der Waals surface area contributed by atoms with Crippen LogP contribution in [0.5, 0.6) is 0 Å². The van der Waals surface area contributed by atoms with Crippen molar-refractivity contribution in [1.29, 1.82) is 0 Å². The highest BCUT2D eigenvalue weighted by molar-refractivity contribution is 7.90. The molecule has 0 amide bonds. The van der Waals surface area contributed by atoms with Gasteiger partial charge >= 0.3 is 0 Å². The van der Waals surface area contributed by atoms with Crippen LogP contribution >= 0.6 is 11.6 Å². The lowest BCUT2D eigenvalue weighted by Crippen LogP contribution is -2.52. The van der Waals surface area contributed by atoms with Gasteiger partial charge in [0, 0.05) is 16.5 Å². The molecule has 2 unspecified atom stereocenters. The fourth-order valence-corrected chi connectivity index (χ4v) is 4.36. The molecular weight excluding hydrogens is 302 g/mol. The van der Waals surface area contributed by atoms with Gasteiger partial charge in [-0.1, -0.05) is 41.3 Å². The summed E-state index contributed by atoms with van der Waals surface area (Å²) in [5, 5.41) is 0.802. The summed E-state index contributed by atoms with van der Waals surface area (Å²) in [5.41, 5.74) is 1.66. The summed E-state index contributed by atoms with van der Waals surface area (Å²) in [4.78, 5) is 2.35. The van der Waals surface area contributed by atoms with E-state index in [9.17, 15) is 4.55 Å².